The predicted octanol–water partition coefficient (Wildman–Crippen LogP) is 3.80. The number of hydrogen-bond donors (Lipinski definition) is 0. The predicted molar refractivity (Wildman–Crippen MR) is 87.3 cm³/mol. The van der Waals surface area contributed by atoms with Crippen LogP contribution in [0, 0.1) is 5.41 Å². The Bertz CT molecular complexity index is 377. The van der Waals surface area contributed by atoms with Gasteiger partial charge in [-0.3, -0.25) is 9.59 Å². The van der Waals surface area contributed by atoms with Crippen LogP contribution < -0.4 is 0 Å². The van der Waals surface area contributed by atoms with Crippen LogP contribution in [0.4, 0.5) is 0 Å². The molecular weight excluding hydrogens is 336 g/mol. The zero-order valence-electron chi connectivity index (χ0n) is 13.3. The Morgan fingerprint density at radius 2 is 1.52 bits per heavy atom. The van der Waals surface area contributed by atoms with Crippen molar-refractivity contribution in [1.29, 1.82) is 0 Å². The van der Waals surface area contributed by atoms with Crippen molar-refractivity contribution in [1.82, 2.24) is 0 Å². The standard InChI is InChI=1S/C16H25BrO4/c1-5-20-14(18)16(10-7-8-12-17,11-9-13(3)4)15(19)21-6-2/h7-9H,5-6,10-12H2,1-4H3/b8-7-. The van der Waals surface area contributed by atoms with E-state index in [4.69, 9.17) is 9.47 Å². The number of halogens is 1. The first-order chi connectivity index (χ1) is 9.94. The molecule has 0 aliphatic heterocycles. The molecule has 0 saturated heterocycles. The largest absolute Gasteiger partial charge is 0.465 e. The zero-order chi connectivity index (χ0) is 16.3. The van der Waals surface area contributed by atoms with Crippen molar-refractivity contribution in [3.05, 3.63) is 23.8 Å². The molecular formula is C16H25BrO4. The Kier molecular flexibility index (Phi) is 10.0. The molecule has 0 aliphatic rings. The van der Waals surface area contributed by atoms with Crippen molar-refractivity contribution < 1.29 is 19.1 Å². The van der Waals surface area contributed by atoms with Gasteiger partial charge >= 0.3 is 11.9 Å². The van der Waals surface area contributed by atoms with Gasteiger partial charge in [0.05, 0.1) is 13.2 Å². The molecule has 0 atom stereocenters. The number of esters is 2. The maximum Gasteiger partial charge on any atom is 0.324 e. The molecule has 0 N–H and O–H groups in total. The highest BCUT2D eigenvalue weighted by molar-refractivity contribution is 9.09. The third-order valence-electron chi connectivity index (χ3n) is 2.91. The summed E-state index contributed by atoms with van der Waals surface area (Å²) in [6.07, 6.45) is 6.08. The minimum atomic E-state index is -1.30. The van der Waals surface area contributed by atoms with Crippen LogP contribution in [0.3, 0.4) is 0 Å². The molecule has 0 aromatic rings. The summed E-state index contributed by atoms with van der Waals surface area (Å²) < 4.78 is 10.2. The van der Waals surface area contributed by atoms with Crippen LogP contribution in [-0.2, 0) is 19.1 Å². The summed E-state index contributed by atoms with van der Waals surface area (Å²) in [6, 6.07) is 0. The van der Waals surface area contributed by atoms with Crippen molar-refractivity contribution in [2.24, 2.45) is 5.41 Å². The molecule has 0 aromatic carbocycles. The highest BCUT2D eigenvalue weighted by Crippen LogP contribution is 2.32. The van der Waals surface area contributed by atoms with Gasteiger partial charge in [0.25, 0.3) is 0 Å². The second-order valence-electron chi connectivity index (χ2n) is 4.84. The van der Waals surface area contributed by atoms with E-state index >= 15 is 0 Å². The molecule has 0 bridgehead atoms. The first-order valence-electron chi connectivity index (χ1n) is 7.13. The molecule has 0 spiro atoms. The normalized spacial score (nSPS) is 11.3. The Hall–Kier alpha value is -1.10. The second-order valence-corrected chi connectivity index (χ2v) is 5.49. The number of ether oxygens (including phenoxy) is 2. The Morgan fingerprint density at radius 1 is 1.00 bits per heavy atom. The van der Waals surface area contributed by atoms with E-state index in [1.54, 1.807) is 19.9 Å². The first kappa shape index (κ1) is 19.9. The van der Waals surface area contributed by atoms with Crippen LogP contribution in [0.1, 0.15) is 40.5 Å². The molecule has 21 heavy (non-hydrogen) atoms. The lowest BCUT2D eigenvalue weighted by Gasteiger charge is -2.27. The molecule has 0 amide bonds. The number of hydrogen-bond acceptors (Lipinski definition) is 4. The molecule has 0 radical (unpaired) electrons. The maximum atomic E-state index is 12.4. The van der Waals surface area contributed by atoms with Crippen LogP contribution in [0.2, 0.25) is 0 Å². The van der Waals surface area contributed by atoms with Gasteiger partial charge in [-0.25, -0.2) is 0 Å². The van der Waals surface area contributed by atoms with Crippen LogP contribution in [0.15, 0.2) is 23.8 Å². The van der Waals surface area contributed by atoms with Gasteiger partial charge in [-0.05, 0) is 40.5 Å². The highest BCUT2D eigenvalue weighted by atomic mass is 79.9. The number of carbonyl (C=O) groups excluding carboxylic acids is 2. The number of alkyl halides is 1. The molecule has 5 heteroatoms. The topological polar surface area (TPSA) is 52.6 Å². The molecule has 0 heterocycles. The number of rotatable bonds is 9. The quantitative estimate of drug-likeness (QED) is 0.271. The Labute approximate surface area is 135 Å². The number of carbonyl (C=O) groups is 2. The van der Waals surface area contributed by atoms with Crippen LogP contribution >= 0.6 is 15.9 Å². The Morgan fingerprint density at radius 3 is 1.90 bits per heavy atom. The maximum absolute atomic E-state index is 12.4. The number of allylic oxidation sites excluding steroid dienone is 4. The average molecular weight is 361 g/mol. The van der Waals surface area contributed by atoms with Gasteiger partial charge in [0.15, 0.2) is 5.41 Å². The van der Waals surface area contributed by atoms with Crippen LogP contribution in [0.5, 0.6) is 0 Å². The third-order valence-corrected chi connectivity index (χ3v) is 3.29. The summed E-state index contributed by atoms with van der Waals surface area (Å²) in [7, 11) is 0. The van der Waals surface area contributed by atoms with E-state index in [0.29, 0.717) is 5.33 Å². The average Bonchev–Trinajstić information content (AvgIpc) is 2.43. The SMILES string of the molecule is CCOC(=O)C(CC=C(C)C)(C/C=C\CBr)C(=O)OCC. The Balaban J connectivity index is 5.56. The van der Waals surface area contributed by atoms with Gasteiger partial charge in [0.1, 0.15) is 0 Å². The van der Waals surface area contributed by atoms with E-state index in [9.17, 15) is 9.59 Å². The molecule has 0 rings (SSSR count). The van der Waals surface area contributed by atoms with Crippen molar-refractivity contribution >= 4 is 27.9 Å². The van der Waals surface area contributed by atoms with Crippen LogP contribution in [0.25, 0.3) is 0 Å². The second kappa shape index (κ2) is 10.6. The van der Waals surface area contributed by atoms with Gasteiger partial charge < -0.3 is 9.47 Å². The molecule has 4 nitrogen and oxygen atoms in total. The summed E-state index contributed by atoms with van der Waals surface area (Å²) in [5.41, 5.74) is -0.264. The van der Waals surface area contributed by atoms with E-state index in [1.165, 1.54) is 0 Å². The molecule has 0 unspecified atom stereocenters. The lowest BCUT2D eigenvalue weighted by molar-refractivity contribution is -0.171. The van der Waals surface area contributed by atoms with Crippen LogP contribution in [-0.4, -0.2) is 30.5 Å². The summed E-state index contributed by atoms with van der Waals surface area (Å²) >= 11 is 3.28. The molecule has 0 fully saturated rings. The van der Waals surface area contributed by atoms with E-state index in [1.807, 2.05) is 26.0 Å². The minimum Gasteiger partial charge on any atom is -0.465 e. The minimum absolute atomic E-state index is 0.233. The molecule has 0 aromatic heterocycles. The first-order valence-corrected chi connectivity index (χ1v) is 8.25. The smallest absolute Gasteiger partial charge is 0.324 e. The van der Waals surface area contributed by atoms with Gasteiger partial charge in [-0.2, -0.15) is 0 Å². The third kappa shape index (κ3) is 6.46. The van der Waals surface area contributed by atoms with Gasteiger partial charge in [0, 0.05) is 5.33 Å². The van der Waals surface area contributed by atoms with Crippen molar-refractivity contribution in [2.75, 3.05) is 18.5 Å². The van der Waals surface area contributed by atoms with E-state index in [2.05, 4.69) is 15.9 Å². The summed E-state index contributed by atoms with van der Waals surface area (Å²) in [6.45, 7) is 7.77. The van der Waals surface area contributed by atoms with Crippen molar-refractivity contribution in [3.8, 4) is 0 Å². The van der Waals surface area contributed by atoms with E-state index in [-0.39, 0.29) is 26.1 Å². The van der Waals surface area contributed by atoms with E-state index < -0.39 is 17.4 Å². The molecule has 120 valence electrons. The fraction of sp³-hybridized carbons (Fsp3) is 0.625. The van der Waals surface area contributed by atoms with Crippen molar-refractivity contribution in [3.63, 3.8) is 0 Å². The zero-order valence-corrected chi connectivity index (χ0v) is 14.9. The highest BCUT2D eigenvalue weighted by Gasteiger charge is 2.47. The summed E-state index contributed by atoms with van der Waals surface area (Å²) in [4.78, 5) is 24.8. The summed E-state index contributed by atoms with van der Waals surface area (Å²) in [5, 5.41) is 0.664. The lowest BCUT2D eigenvalue weighted by Crippen LogP contribution is -2.41. The summed E-state index contributed by atoms with van der Waals surface area (Å²) in [5.74, 6) is -1.06. The fourth-order valence-electron chi connectivity index (χ4n) is 1.76. The van der Waals surface area contributed by atoms with Gasteiger partial charge in [-0.1, -0.05) is 39.7 Å². The monoisotopic (exact) mass is 360 g/mol. The van der Waals surface area contributed by atoms with Gasteiger partial charge in [0.2, 0.25) is 0 Å². The molecule has 0 aliphatic carbocycles. The van der Waals surface area contributed by atoms with Gasteiger partial charge in [-0.15, -0.1) is 0 Å². The lowest BCUT2D eigenvalue weighted by atomic mass is 9.80. The van der Waals surface area contributed by atoms with Crippen molar-refractivity contribution in [2.45, 2.75) is 40.5 Å². The molecule has 0 saturated carbocycles. The fourth-order valence-corrected chi connectivity index (χ4v) is 2.03. The van der Waals surface area contributed by atoms with E-state index in [0.717, 1.165) is 5.57 Å².